The average molecular weight is 392 g/mol. The van der Waals surface area contributed by atoms with Gasteiger partial charge in [0.2, 0.25) is 10.0 Å². The zero-order valence-electron chi connectivity index (χ0n) is 16.0. The average Bonchev–Trinajstić information content (AvgIpc) is 3.35. The molecule has 0 spiro atoms. The van der Waals surface area contributed by atoms with Crippen molar-refractivity contribution in [3.63, 3.8) is 0 Å². The van der Waals surface area contributed by atoms with Gasteiger partial charge in [-0.1, -0.05) is 13.8 Å². The van der Waals surface area contributed by atoms with E-state index in [1.54, 1.807) is 16.7 Å². The molecule has 1 unspecified atom stereocenters. The molecule has 2 fully saturated rings. The minimum absolute atomic E-state index is 0.0709. The monoisotopic (exact) mass is 391 g/mol. The Labute approximate surface area is 161 Å². The summed E-state index contributed by atoms with van der Waals surface area (Å²) in [6.45, 7) is 3.93. The maximum absolute atomic E-state index is 13.0. The molecule has 3 heterocycles. The number of nitrogens with zero attached hydrogens (tertiary/aromatic N) is 3. The lowest BCUT2D eigenvalue weighted by Gasteiger charge is -2.36. The van der Waals surface area contributed by atoms with Gasteiger partial charge in [-0.15, -0.1) is 0 Å². The lowest BCUT2D eigenvalue weighted by Crippen LogP contribution is -2.55. The molecule has 4 atom stereocenters. The Hall–Kier alpha value is -1.51. The van der Waals surface area contributed by atoms with Crippen molar-refractivity contribution in [3.8, 4) is 0 Å². The van der Waals surface area contributed by atoms with Gasteiger partial charge in [0.25, 0.3) is 0 Å². The van der Waals surface area contributed by atoms with Gasteiger partial charge in [0, 0.05) is 24.9 Å². The summed E-state index contributed by atoms with van der Waals surface area (Å²) in [6, 6.07) is 4.10. The number of fused-ring (bicyclic) bond motifs is 2. The molecule has 0 amide bonds. The lowest BCUT2D eigenvalue weighted by molar-refractivity contribution is 0.197. The van der Waals surface area contributed by atoms with Gasteiger partial charge in [0.1, 0.15) is 12.0 Å². The third-order valence-corrected chi connectivity index (χ3v) is 8.10. The molecule has 0 radical (unpaired) electrons. The Balaban J connectivity index is 1.47. The molecule has 1 aromatic heterocycles. The summed E-state index contributed by atoms with van der Waals surface area (Å²) in [6.07, 6.45) is 8.14. The molecule has 1 saturated carbocycles. The van der Waals surface area contributed by atoms with Gasteiger partial charge in [-0.25, -0.2) is 18.8 Å². The number of piperidine rings is 1. The van der Waals surface area contributed by atoms with E-state index in [1.807, 2.05) is 26.0 Å². The Morgan fingerprint density at radius 3 is 2.74 bits per heavy atom. The maximum Gasteiger partial charge on any atom is 0.214 e. The number of aromatic nitrogens is 1. The molecule has 4 rings (SSSR count). The zero-order chi connectivity index (χ0) is 19.0. The summed E-state index contributed by atoms with van der Waals surface area (Å²) in [5.74, 6) is 1.65. The third kappa shape index (κ3) is 3.88. The highest BCUT2D eigenvalue weighted by molar-refractivity contribution is 7.89. The topological polar surface area (TPSA) is 86.7 Å². The molecule has 7 nitrogen and oxygen atoms in total. The van der Waals surface area contributed by atoms with Crippen LogP contribution in [0.2, 0.25) is 0 Å². The van der Waals surface area contributed by atoms with Crippen LogP contribution in [0.3, 0.4) is 0 Å². The quantitative estimate of drug-likeness (QED) is 0.739. The first-order chi connectivity index (χ1) is 12.9. The molecule has 27 heavy (non-hydrogen) atoms. The second-order valence-electron chi connectivity index (χ2n) is 8.37. The van der Waals surface area contributed by atoms with Gasteiger partial charge in [-0.05, 0) is 55.2 Å². The molecule has 3 aliphatic rings. The van der Waals surface area contributed by atoms with Crippen LogP contribution in [0.25, 0.3) is 0 Å². The van der Waals surface area contributed by atoms with E-state index in [-0.39, 0.29) is 29.9 Å². The summed E-state index contributed by atoms with van der Waals surface area (Å²) < 4.78 is 27.8. The Bertz CT molecular complexity index is 796. The minimum atomic E-state index is -3.26. The number of pyridine rings is 1. The second kappa shape index (κ2) is 7.48. The Morgan fingerprint density at radius 1 is 1.22 bits per heavy atom. The van der Waals surface area contributed by atoms with Crippen LogP contribution < -0.4 is 10.9 Å². The van der Waals surface area contributed by atoms with Crippen molar-refractivity contribution in [1.29, 1.82) is 0 Å². The van der Waals surface area contributed by atoms with Crippen LogP contribution in [0.1, 0.15) is 45.1 Å². The molecule has 0 aromatic carbocycles. The number of nitrogens with one attached hydrogen (secondary N) is 2. The molecule has 2 bridgehead atoms. The van der Waals surface area contributed by atoms with E-state index in [1.165, 1.54) is 5.56 Å². The molecule has 2 N–H and O–H groups in total. The fraction of sp³-hybridized carbons (Fsp3) is 0.684. The number of aliphatic imine (C=N–C) groups is 1. The molecule has 8 heteroatoms. The first-order valence-electron chi connectivity index (χ1n) is 9.92. The lowest BCUT2D eigenvalue weighted by atomic mass is 9.98. The SMILES string of the molecule is CC(C)CS(=O)(=O)N1[C@@H]2CC[C@@H](C2)[C@H]1C1N=C(CCc2ccncc2)NN1. The molecule has 1 saturated heterocycles. The van der Waals surface area contributed by atoms with Crippen LogP contribution in [-0.2, 0) is 16.4 Å². The van der Waals surface area contributed by atoms with Gasteiger partial charge in [-0.3, -0.25) is 4.98 Å². The molecular weight excluding hydrogens is 362 g/mol. The molecule has 1 aliphatic carbocycles. The summed E-state index contributed by atoms with van der Waals surface area (Å²) in [5, 5.41) is 0. The van der Waals surface area contributed by atoms with Crippen molar-refractivity contribution >= 4 is 15.9 Å². The standard InChI is InChI=1S/C19H29N5O2S/c1-13(2)12-27(25,26)24-16-5-4-15(11-16)18(24)19-21-17(22-23-19)6-3-14-7-9-20-10-8-14/h7-10,13,15-16,18-19,23H,3-6,11-12H2,1-2H3,(H,21,22)/t15-,16+,18-,19?/m0/s1. The van der Waals surface area contributed by atoms with Crippen LogP contribution >= 0.6 is 0 Å². The predicted molar refractivity (Wildman–Crippen MR) is 105 cm³/mol. The van der Waals surface area contributed by atoms with Crippen LogP contribution in [0.15, 0.2) is 29.5 Å². The summed E-state index contributed by atoms with van der Waals surface area (Å²) in [5.41, 5.74) is 7.66. The minimum Gasteiger partial charge on any atom is -0.308 e. The fourth-order valence-corrected chi connectivity index (χ4v) is 7.11. The molecule has 148 valence electrons. The van der Waals surface area contributed by atoms with Crippen molar-refractivity contribution in [2.45, 2.75) is 64.2 Å². The molecule has 1 aromatic rings. The van der Waals surface area contributed by atoms with Gasteiger partial charge >= 0.3 is 0 Å². The van der Waals surface area contributed by atoms with Crippen LogP contribution in [0.5, 0.6) is 0 Å². The first-order valence-corrected chi connectivity index (χ1v) is 11.5. The molecule has 2 aliphatic heterocycles. The fourth-order valence-electron chi connectivity index (χ4n) is 4.79. The van der Waals surface area contributed by atoms with Crippen molar-refractivity contribution in [1.82, 2.24) is 20.1 Å². The van der Waals surface area contributed by atoms with Gasteiger partial charge in [-0.2, -0.15) is 4.31 Å². The van der Waals surface area contributed by atoms with Crippen LogP contribution in [0, 0.1) is 11.8 Å². The summed E-state index contributed by atoms with van der Waals surface area (Å²) in [7, 11) is -3.26. The normalized spacial score (nSPS) is 30.7. The van der Waals surface area contributed by atoms with E-state index >= 15 is 0 Å². The number of hydrazine groups is 1. The Morgan fingerprint density at radius 2 is 2.00 bits per heavy atom. The van der Waals surface area contributed by atoms with Crippen molar-refractivity contribution in [2.24, 2.45) is 16.8 Å². The van der Waals surface area contributed by atoms with Gasteiger partial charge < -0.3 is 5.43 Å². The van der Waals surface area contributed by atoms with E-state index in [2.05, 4.69) is 15.8 Å². The van der Waals surface area contributed by atoms with Gasteiger partial charge in [0.15, 0.2) is 0 Å². The van der Waals surface area contributed by atoms with Crippen molar-refractivity contribution in [3.05, 3.63) is 30.1 Å². The number of aryl methyl sites for hydroxylation is 1. The highest BCUT2D eigenvalue weighted by Gasteiger charge is 2.54. The van der Waals surface area contributed by atoms with Crippen LogP contribution in [-0.4, -0.2) is 47.5 Å². The number of rotatable bonds is 7. The van der Waals surface area contributed by atoms with Crippen molar-refractivity contribution in [2.75, 3.05) is 5.75 Å². The first kappa shape index (κ1) is 18.8. The largest absolute Gasteiger partial charge is 0.308 e. The van der Waals surface area contributed by atoms with E-state index in [4.69, 9.17) is 4.99 Å². The number of amidine groups is 1. The highest BCUT2D eigenvalue weighted by Crippen LogP contribution is 2.46. The van der Waals surface area contributed by atoms with E-state index in [9.17, 15) is 8.42 Å². The van der Waals surface area contributed by atoms with Gasteiger partial charge in [0.05, 0.1) is 11.8 Å². The summed E-state index contributed by atoms with van der Waals surface area (Å²) in [4.78, 5) is 8.86. The third-order valence-electron chi connectivity index (χ3n) is 5.83. The number of sulfonamides is 1. The highest BCUT2D eigenvalue weighted by atomic mass is 32.2. The predicted octanol–water partition coefficient (Wildman–Crippen LogP) is 1.69. The zero-order valence-corrected chi connectivity index (χ0v) is 16.8. The summed E-state index contributed by atoms with van der Waals surface area (Å²) >= 11 is 0. The van der Waals surface area contributed by atoms with E-state index in [0.29, 0.717) is 5.92 Å². The smallest absolute Gasteiger partial charge is 0.214 e. The number of hydrogen-bond acceptors (Lipinski definition) is 6. The number of hydrogen-bond donors (Lipinski definition) is 2. The Kier molecular flexibility index (Phi) is 5.22. The van der Waals surface area contributed by atoms with E-state index < -0.39 is 10.0 Å². The van der Waals surface area contributed by atoms with E-state index in [0.717, 1.165) is 37.9 Å². The second-order valence-corrected chi connectivity index (χ2v) is 10.3. The molecular formula is C19H29N5O2S. The van der Waals surface area contributed by atoms with Crippen LogP contribution in [0.4, 0.5) is 0 Å². The van der Waals surface area contributed by atoms with Crippen molar-refractivity contribution < 1.29 is 8.42 Å². The maximum atomic E-state index is 13.0.